The summed E-state index contributed by atoms with van der Waals surface area (Å²) in [6, 6.07) is 5.27. The van der Waals surface area contributed by atoms with E-state index in [0.717, 1.165) is 18.9 Å². The van der Waals surface area contributed by atoms with Crippen molar-refractivity contribution in [3.05, 3.63) is 86.2 Å². The molecule has 0 bridgehead atoms. The number of rotatable bonds is 8. The number of hydrogen-bond acceptors (Lipinski definition) is 6. The molecule has 3 N–H and O–H groups in total. The first-order valence-electron chi connectivity index (χ1n) is 14.2. The van der Waals surface area contributed by atoms with Crippen molar-refractivity contribution in [2.45, 2.75) is 37.3 Å². The molecule has 2 amide bonds. The number of nitrogens with one attached hydrogen (secondary N) is 1. The third-order valence-corrected chi connectivity index (χ3v) is 8.54. The van der Waals surface area contributed by atoms with Gasteiger partial charge >= 0.3 is 6.18 Å². The third kappa shape index (κ3) is 5.68. The Morgan fingerprint density at radius 2 is 1.96 bits per heavy atom. The number of amides is 2. The number of halogens is 6. The maximum absolute atomic E-state index is 15.2. The first-order chi connectivity index (χ1) is 21.7. The average Bonchev–Trinajstić information content (AvgIpc) is 3.60. The van der Waals surface area contributed by atoms with E-state index in [0.29, 0.717) is 34.3 Å². The molecule has 1 fully saturated rings. The second-order valence-corrected chi connectivity index (χ2v) is 12.0. The van der Waals surface area contributed by atoms with E-state index < -0.39 is 69.5 Å². The van der Waals surface area contributed by atoms with Crippen molar-refractivity contribution in [2.75, 3.05) is 20.3 Å². The van der Waals surface area contributed by atoms with Crippen LogP contribution in [0.1, 0.15) is 47.3 Å². The maximum atomic E-state index is 15.2. The molecule has 3 aromatic rings. The molecule has 8 nitrogen and oxygen atoms in total. The summed E-state index contributed by atoms with van der Waals surface area (Å²) in [5.74, 6) is -5.88. The molecule has 240 valence electrons. The summed E-state index contributed by atoms with van der Waals surface area (Å²) in [7, 11) is 1.39. The zero-order valence-electron chi connectivity index (χ0n) is 24.4. The van der Waals surface area contributed by atoms with E-state index in [4.69, 9.17) is 26.8 Å². The maximum Gasteiger partial charge on any atom is 0.398 e. The number of pyridine rings is 1. The van der Waals surface area contributed by atoms with Crippen LogP contribution < -0.4 is 31.1 Å². The van der Waals surface area contributed by atoms with Crippen LogP contribution in [-0.4, -0.2) is 43.2 Å². The van der Waals surface area contributed by atoms with Crippen LogP contribution in [0.3, 0.4) is 0 Å². The van der Waals surface area contributed by atoms with Crippen molar-refractivity contribution in [1.82, 2.24) is 10.3 Å². The van der Waals surface area contributed by atoms with E-state index in [1.807, 2.05) is 6.08 Å². The number of allylic oxidation sites excluding steroid dienone is 2. The average molecular weight is 661 g/mol. The lowest BCUT2D eigenvalue weighted by molar-refractivity contribution is -0.149. The number of hydrogen-bond donors (Lipinski definition) is 2. The highest BCUT2D eigenvalue weighted by Crippen LogP contribution is 2.47. The van der Waals surface area contributed by atoms with Crippen LogP contribution in [0.25, 0.3) is 17.3 Å². The van der Waals surface area contributed by atoms with Crippen LogP contribution in [0.5, 0.6) is 11.5 Å². The van der Waals surface area contributed by atoms with Gasteiger partial charge in [-0.1, -0.05) is 17.7 Å². The summed E-state index contributed by atoms with van der Waals surface area (Å²) in [6.07, 6.45) is 0.931. The summed E-state index contributed by atoms with van der Waals surface area (Å²) in [6.45, 7) is -0.0207. The minimum atomic E-state index is -4.99. The predicted octanol–water partition coefficient (Wildman–Crippen LogP) is 4.61. The number of nitrogens with two attached hydrogens (primary N) is 1. The topological polar surface area (TPSA) is 116 Å². The second-order valence-electron chi connectivity index (χ2n) is 11.6. The van der Waals surface area contributed by atoms with Gasteiger partial charge in [-0.05, 0) is 62.1 Å². The molecule has 3 aliphatic rings. The van der Waals surface area contributed by atoms with Gasteiger partial charge in [-0.15, -0.1) is 0 Å². The van der Waals surface area contributed by atoms with Crippen molar-refractivity contribution in [3.63, 3.8) is 0 Å². The van der Waals surface area contributed by atoms with E-state index in [9.17, 15) is 27.2 Å². The molecule has 3 heterocycles. The lowest BCUT2D eigenvalue weighted by Crippen LogP contribution is -2.40. The van der Waals surface area contributed by atoms with Crippen LogP contribution in [0.4, 0.5) is 22.0 Å². The van der Waals surface area contributed by atoms with Gasteiger partial charge in [0.05, 0.1) is 23.5 Å². The Morgan fingerprint density at radius 1 is 1.22 bits per heavy atom. The van der Waals surface area contributed by atoms with Gasteiger partial charge in [0.15, 0.2) is 5.82 Å². The molecular formula is C32H26ClF5N4O4. The van der Waals surface area contributed by atoms with Gasteiger partial charge < -0.3 is 20.5 Å². The highest BCUT2D eigenvalue weighted by Gasteiger charge is 2.47. The molecule has 2 atom stereocenters. The molecule has 1 aliphatic carbocycles. The Morgan fingerprint density at radius 3 is 2.61 bits per heavy atom. The summed E-state index contributed by atoms with van der Waals surface area (Å²) in [4.78, 5) is 34.3. The van der Waals surface area contributed by atoms with Gasteiger partial charge in [-0.2, -0.15) is 13.2 Å². The van der Waals surface area contributed by atoms with Crippen LogP contribution in [0, 0.1) is 17.6 Å². The lowest BCUT2D eigenvalue weighted by Gasteiger charge is -2.24. The minimum absolute atomic E-state index is 0.0319. The molecule has 0 saturated heterocycles. The number of aromatic nitrogens is 1. The standard InChI is InChI=1S/C32H26ClF5N4O4/c1-31(30(39)44)13-46-28-20(31)11-23(42-27(28)19-9-17(34)10-22(33)25(19)35)21(32(36,37)38)12-40-29(43)16-6-15-7-18(5-14-3-4-14)41-26(15)24(8-16)45-2/h5-11,14,21H,3-4,12-13H2,1-2H3,(H2,39,44)(H,40,43)/t21?,31-/m0/s1. The van der Waals surface area contributed by atoms with E-state index in [1.54, 1.807) is 6.08 Å². The zero-order valence-corrected chi connectivity index (χ0v) is 25.2. The lowest BCUT2D eigenvalue weighted by atomic mass is 9.82. The number of benzene rings is 2. The molecule has 2 aromatic carbocycles. The zero-order chi connectivity index (χ0) is 33.1. The molecule has 6 rings (SSSR count). The Kier molecular flexibility index (Phi) is 7.78. The number of ether oxygens (including phenoxy) is 2. The molecule has 1 saturated carbocycles. The molecule has 14 heteroatoms. The van der Waals surface area contributed by atoms with Crippen LogP contribution in [-0.2, 0) is 10.2 Å². The normalized spacial score (nSPS) is 19.9. The smallest absolute Gasteiger partial charge is 0.398 e. The molecular weight excluding hydrogens is 635 g/mol. The van der Waals surface area contributed by atoms with Gasteiger partial charge in [-0.25, -0.2) is 18.8 Å². The fourth-order valence-corrected chi connectivity index (χ4v) is 5.64. The number of primary amides is 1. The SMILES string of the molecule is COc1cc(C(=O)NCC(c2cc3c(c(-c4cc(F)cc(Cl)c4F)n2)OC[C@]3(C)C(N)=O)C(F)(F)F)cc2c1=NC(=CC1CC1)C=2. The van der Waals surface area contributed by atoms with Crippen LogP contribution in [0.2, 0.25) is 5.02 Å². The summed E-state index contributed by atoms with van der Waals surface area (Å²) >= 11 is 5.83. The summed E-state index contributed by atoms with van der Waals surface area (Å²) < 4.78 is 84.4. The number of carbonyl (C=O) groups is 2. The largest absolute Gasteiger partial charge is 0.494 e. The van der Waals surface area contributed by atoms with Crippen molar-refractivity contribution in [2.24, 2.45) is 16.6 Å². The van der Waals surface area contributed by atoms with E-state index in [-0.39, 0.29) is 29.2 Å². The molecule has 1 unspecified atom stereocenters. The second kappa shape index (κ2) is 11.4. The Hall–Kier alpha value is -4.52. The fraction of sp³-hybridized carbons (Fsp3) is 0.312. The van der Waals surface area contributed by atoms with E-state index in [2.05, 4.69) is 15.3 Å². The van der Waals surface area contributed by atoms with Crippen molar-refractivity contribution in [3.8, 4) is 22.8 Å². The van der Waals surface area contributed by atoms with E-state index >= 15 is 4.39 Å². The third-order valence-electron chi connectivity index (χ3n) is 8.26. The summed E-state index contributed by atoms with van der Waals surface area (Å²) in [5, 5.41) is 2.76. The van der Waals surface area contributed by atoms with Gasteiger partial charge in [0.1, 0.15) is 46.3 Å². The number of carbonyl (C=O) groups excluding carboxylic acids is 2. The fourth-order valence-electron chi connectivity index (χ4n) is 5.44. The number of nitrogens with zero attached hydrogens (tertiary/aromatic N) is 2. The van der Waals surface area contributed by atoms with Crippen LogP contribution in [0.15, 0.2) is 47.1 Å². The predicted molar refractivity (Wildman–Crippen MR) is 157 cm³/mol. The van der Waals surface area contributed by atoms with Gasteiger partial charge in [0, 0.05) is 28.5 Å². The monoisotopic (exact) mass is 660 g/mol. The molecule has 0 spiro atoms. The number of alkyl halides is 3. The Balaban J connectivity index is 1.39. The molecule has 1 aromatic heterocycles. The van der Waals surface area contributed by atoms with Crippen molar-refractivity contribution >= 4 is 29.5 Å². The molecule has 46 heavy (non-hydrogen) atoms. The Bertz CT molecular complexity index is 1960. The summed E-state index contributed by atoms with van der Waals surface area (Å²) in [5.41, 5.74) is 2.84. The van der Waals surface area contributed by atoms with Crippen molar-refractivity contribution in [1.29, 1.82) is 0 Å². The quantitative estimate of drug-likeness (QED) is 0.271. The first kappa shape index (κ1) is 31.5. The van der Waals surface area contributed by atoms with Crippen LogP contribution >= 0.6 is 11.6 Å². The van der Waals surface area contributed by atoms with Gasteiger partial charge in [0.2, 0.25) is 5.91 Å². The first-order valence-corrected chi connectivity index (χ1v) is 14.6. The minimum Gasteiger partial charge on any atom is -0.494 e. The van der Waals surface area contributed by atoms with Crippen molar-refractivity contribution < 1.29 is 41.0 Å². The highest BCUT2D eigenvalue weighted by molar-refractivity contribution is 6.31. The molecule has 2 aliphatic heterocycles. The number of fused-ring (bicyclic) bond motifs is 2. The van der Waals surface area contributed by atoms with Gasteiger partial charge in [-0.3, -0.25) is 9.59 Å². The Labute approximate surface area is 263 Å². The number of methoxy groups -OCH3 is 1. The van der Waals surface area contributed by atoms with Gasteiger partial charge in [0.25, 0.3) is 5.91 Å². The highest BCUT2D eigenvalue weighted by atomic mass is 35.5. The van der Waals surface area contributed by atoms with E-state index in [1.165, 1.54) is 26.2 Å². The molecule has 0 radical (unpaired) electrons.